The summed E-state index contributed by atoms with van der Waals surface area (Å²) in [6, 6.07) is 8.46. The van der Waals surface area contributed by atoms with E-state index in [1.807, 2.05) is 12.1 Å². The molecule has 1 heterocycles. The Kier molecular flexibility index (Phi) is 4.24. The fraction of sp³-hybridized carbons (Fsp3) is 0.0769. The Balaban J connectivity index is 2.06. The standard InChI is InChI=1S/C13H10Cl2N2O2/c14-10-3-1-2-8(12(10)15)6-16-11-5-4-9(7-17-11)13(18)19/h1-5,7H,6H2,(H,16,17)(H,18,19). The number of hydrogen-bond donors (Lipinski definition) is 2. The highest BCUT2D eigenvalue weighted by Crippen LogP contribution is 2.25. The molecule has 0 fully saturated rings. The van der Waals surface area contributed by atoms with E-state index in [2.05, 4.69) is 10.3 Å². The normalized spacial score (nSPS) is 10.2. The molecule has 0 aliphatic rings. The van der Waals surface area contributed by atoms with E-state index >= 15 is 0 Å². The first-order valence-corrected chi connectivity index (χ1v) is 6.19. The minimum Gasteiger partial charge on any atom is -0.478 e. The highest BCUT2D eigenvalue weighted by molar-refractivity contribution is 6.42. The predicted octanol–water partition coefficient (Wildman–Crippen LogP) is 3.70. The molecule has 2 aromatic rings. The van der Waals surface area contributed by atoms with Crippen molar-refractivity contribution in [3.8, 4) is 0 Å². The number of anilines is 1. The van der Waals surface area contributed by atoms with Gasteiger partial charge in [-0.2, -0.15) is 0 Å². The second kappa shape index (κ2) is 5.91. The zero-order valence-electron chi connectivity index (χ0n) is 9.73. The maximum Gasteiger partial charge on any atom is 0.337 e. The van der Waals surface area contributed by atoms with Gasteiger partial charge in [0.1, 0.15) is 5.82 Å². The number of aromatic nitrogens is 1. The van der Waals surface area contributed by atoms with Crippen molar-refractivity contribution in [3.63, 3.8) is 0 Å². The summed E-state index contributed by atoms with van der Waals surface area (Å²) in [4.78, 5) is 14.7. The molecular formula is C13H10Cl2N2O2. The number of nitrogens with zero attached hydrogens (tertiary/aromatic N) is 1. The van der Waals surface area contributed by atoms with E-state index in [1.165, 1.54) is 12.3 Å². The van der Waals surface area contributed by atoms with Gasteiger partial charge in [0.25, 0.3) is 0 Å². The Labute approximate surface area is 120 Å². The van der Waals surface area contributed by atoms with Crippen LogP contribution in [0.2, 0.25) is 10.0 Å². The van der Waals surface area contributed by atoms with Gasteiger partial charge in [-0.1, -0.05) is 35.3 Å². The van der Waals surface area contributed by atoms with Gasteiger partial charge in [-0.05, 0) is 23.8 Å². The lowest BCUT2D eigenvalue weighted by molar-refractivity contribution is 0.0696. The number of pyridine rings is 1. The van der Waals surface area contributed by atoms with Crippen LogP contribution in [0.4, 0.5) is 5.82 Å². The van der Waals surface area contributed by atoms with Crippen molar-refractivity contribution in [1.29, 1.82) is 0 Å². The van der Waals surface area contributed by atoms with Crippen molar-refractivity contribution < 1.29 is 9.90 Å². The lowest BCUT2D eigenvalue weighted by Gasteiger charge is -2.08. The highest BCUT2D eigenvalue weighted by atomic mass is 35.5. The molecule has 2 N–H and O–H groups in total. The number of rotatable bonds is 4. The van der Waals surface area contributed by atoms with Gasteiger partial charge in [0, 0.05) is 12.7 Å². The number of aromatic carboxylic acids is 1. The summed E-state index contributed by atoms with van der Waals surface area (Å²) in [6.45, 7) is 0.457. The molecular weight excluding hydrogens is 287 g/mol. The van der Waals surface area contributed by atoms with E-state index in [0.29, 0.717) is 22.4 Å². The molecule has 2 rings (SSSR count). The number of carboxylic acid groups (broad SMARTS) is 1. The van der Waals surface area contributed by atoms with Gasteiger partial charge in [0.2, 0.25) is 0 Å². The number of benzene rings is 1. The van der Waals surface area contributed by atoms with Gasteiger partial charge in [-0.15, -0.1) is 0 Å². The minimum atomic E-state index is -1.00. The van der Waals surface area contributed by atoms with E-state index in [4.69, 9.17) is 28.3 Å². The largest absolute Gasteiger partial charge is 0.478 e. The monoisotopic (exact) mass is 296 g/mol. The Bertz CT molecular complexity index is 600. The molecule has 0 aliphatic heterocycles. The maximum atomic E-state index is 10.7. The van der Waals surface area contributed by atoms with Crippen LogP contribution >= 0.6 is 23.2 Å². The Morgan fingerprint density at radius 2 is 2.05 bits per heavy atom. The van der Waals surface area contributed by atoms with E-state index < -0.39 is 5.97 Å². The fourth-order valence-electron chi connectivity index (χ4n) is 1.50. The number of carboxylic acids is 1. The SMILES string of the molecule is O=C(O)c1ccc(NCc2cccc(Cl)c2Cl)nc1. The van der Waals surface area contributed by atoms with E-state index in [1.54, 1.807) is 12.1 Å². The molecule has 0 amide bonds. The Morgan fingerprint density at radius 3 is 2.68 bits per heavy atom. The first kappa shape index (κ1) is 13.6. The van der Waals surface area contributed by atoms with Gasteiger partial charge in [-0.3, -0.25) is 0 Å². The van der Waals surface area contributed by atoms with Crippen LogP contribution in [0.1, 0.15) is 15.9 Å². The smallest absolute Gasteiger partial charge is 0.337 e. The highest BCUT2D eigenvalue weighted by Gasteiger charge is 2.05. The van der Waals surface area contributed by atoms with Gasteiger partial charge >= 0.3 is 5.97 Å². The molecule has 19 heavy (non-hydrogen) atoms. The van der Waals surface area contributed by atoms with Crippen LogP contribution in [-0.4, -0.2) is 16.1 Å². The molecule has 1 aromatic carbocycles. The predicted molar refractivity (Wildman–Crippen MR) is 75.0 cm³/mol. The van der Waals surface area contributed by atoms with Crippen molar-refractivity contribution in [3.05, 3.63) is 57.7 Å². The second-order valence-electron chi connectivity index (χ2n) is 3.80. The Hall–Kier alpha value is -1.78. The zero-order valence-corrected chi connectivity index (χ0v) is 11.2. The summed E-state index contributed by atoms with van der Waals surface area (Å²) in [6.07, 6.45) is 1.30. The topological polar surface area (TPSA) is 62.2 Å². The lowest BCUT2D eigenvalue weighted by atomic mass is 10.2. The summed E-state index contributed by atoms with van der Waals surface area (Å²) in [5.74, 6) is -0.432. The third-order valence-electron chi connectivity index (χ3n) is 2.50. The van der Waals surface area contributed by atoms with Crippen molar-refractivity contribution in [2.24, 2.45) is 0 Å². The van der Waals surface area contributed by atoms with Crippen LogP contribution in [0.25, 0.3) is 0 Å². The third-order valence-corrected chi connectivity index (χ3v) is 3.36. The summed E-state index contributed by atoms with van der Waals surface area (Å²) >= 11 is 12.0. The molecule has 0 aliphatic carbocycles. The maximum absolute atomic E-state index is 10.7. The summed E-state index contributed by atoms with van der Waals surface area (Å²) in [5.41, 5.74) is 0.990. The van der Waals surface area contributed by atoms with Crippen LogP contribution in [0.15, 0.2) is 36.5 Å². The van der Waals surface area contributed by atoms with Crippen molar-refractivity contribution >= 4 is 35.0 Å². The summed E-state index contributed by atoms with van der Waals surface area (Å²) in [7, 11) is 0. The minimum absolute atomic E-state index is 0.145. The number of carbonyl (C=O) groups is 1. The molecule has 0 bridgehead atoms. The quantitative estimate of drug-likeness (QED) is 0.903. The molecule has 4 nitrogen and oxygen atoms in total. The molecule has 0 spiro atoms. The average molecular weight is 297 g/mol. The molecule has 1 aromatic heterocycles. The van der Waals surface area contributed by atoms with Crippen LogP contribution < -0.4 is 5.32 Å². The third kappa shape index (κ3) is 3.36. The number of hydrogen-bond acceptors (Lipinski definition) is 3. The van der Waals surface area contributed by atoms with E-state index in [9.17, 15) is 4.79 Å². The zero-order chi connectivity index (χ0) is 13.8. The van der Waals surface area contributed by atoms with Gasteiger partial charge in [-0.25, -0.2) is 9.78 Å². The van der Waals surface area contributed by atoms with E-state index in [-0.39, 0.29) is 5.56 Å². The number of halogens is 2. The van der Waals surface area contributed by atoms with Crippen LogP contribution in [-0.2, 0) is 6.54 Å². The van der Waals surface area contributed by atoms with Gasteiger partial charge in [0.05, 0.1) is 15.6 Å². The molecule has 0 saturated carbocycles. The fourth-order valence-corrected chi connectivity index (χ4v) is 1.88. The van der Waals surface area contributed by atoms with Crippen molar-refractivity contribution in [1.82, 2.24) is 4.98 Å². The van der Waals surface area contributed by atoms with Crippen LogP contribution in [0.3, 0.4) is 0 Å². The van der Waals surface area contributed by atoms with Gasteiger partial charge in [0.15, 0.2) is 0 Å². The average Bonchev–Trinajstić information content (AvgIpc) is 2.41. The second-order valence-corrected chi connectivity index (χ2v) is 4.59. The summed E-state index contributed by atoms with van der Waals surface area (Å²) in [5, 5.41) is 12.8. The molecule has 0 atom stereocenters. The first-order valence-electron chi connectivity index (χ1n) is 5.44. The van der Waals surface area contributed by atoms with Crippen LogP contribution in [0, 0.1) is 0 Å². The Morgan fingerprint density at radius 1 is 1.26 bits per heavy atom. The van der Waals surface area contributed by atoms with Crippen LogP contribution in [0.5, 0.6) is 0 Å². The van der Waals surface area contributed by atoms with Gasteiger partial charge < -0.3 is 10.4 Å². The molecule has 0 unspecified atom stereocenters. The first-order chi connectivity index (χ1) is 9.08. The number of nitrogens with one attached hydrogen (secondary N) is 1. The van der Waals surface area contributed by atoms with Crippen molar-refractivity contribution in [2.75, 3.05) is 5.32 Å². The van der Waals surface area contributed by atoms with E-state index in [0.717, 1.165) is 5.56 Å². The molecule has 0 radical (unpaired) electrons. The van der Waals surface area contributed by atoms with Crippen molar-refractivity contribution in [2.45, 2.75) is 6.54 Å². The molecule has 0 saturated heterocycles. The molecule has 6 heteroatoms. The molecule has 98 valence electrons. The summed E-state index contributed by atoms with van der Waals surface area (Å²) < 4.78 is 0. The lowest BCUT2D eigenvalue weighted by Crippen LogP contribution is -2.03.